The third-order valence-electron chi connectivity index (χ3n) is 3.38. The molecule has 0 atom stereocenters. The van der Waals surface area contributed by atoms with E-state index < -0.39 is 11.9 Å². The number of hydrogen-bond acceptors (Lipinski definition) is 4. The van der Waals surface area contributed by atoms with Gasteiger partial charge in [-0.25, -0.2) is 0 Å². The molecule has 0 aliphatic rings. The summed E-state index contributed by atoms with van der Waals surface area (Å²) in [4.78, 5) is 36.6. The van der Waals surface area contributed by atoms with Crippen LogP contribution in [0.15, 0.2) is 59.5 Å². The highest BCUT2D eigenvalue weighted by Crippen LogP contribution is 2.15. The van der Waals surface area contributed by atoms with E-state index in [-0.39, 0.29) is 11.0 Å². The number of aromatic nitrogens is 1. The molecule has 26 heavy (non-hydrogen) atoms. The summed E-state index contributed by atoms with van der Waals surface area (Å²) in [6.07, 6.45) is 1.43. The fourth-order valence-electron chi connectivity index (χ4n) is 2.21. The van der Waals surface area contributed by atoms with Gasteiger partial charge >= 0.3 is 0 Å². The number of carboxylic acids is 1. The van der Waals surface area contributed by atoms with Gasteiger partial charge < -0.3 is 20.1 Å². The van der Waals surface area contributed by atoms with Crippen LogP contribution in [0, 0.1) is 0 Å². The average Bonchev–Trinajstić information content (AvgIpc) is 2.62. The molecule has 2 aromatic carbocycles. The Balaban J connectivity index is 0.000000552. The van der Waals surface area contributed by atoms with Crippen LogP contribution < -0.4 is 15.5 Å². The Morgan fingerprint density at radius 1 is 1.08 bits per heavy atom. The van der Waals surface area contributed by atoms with E-state index in [0.717, 1.165) is 6.92 Å². The monoisotopic (exact) mass is 354 g/mol. The van der Waals surface area contributed by atoms with Crippen molar-refractivity contribution < 1.29 is 19.4 Å². The average molecular weight is 354 g/mol. The maximum absolute atomic E-state index is 12.4. The minimum absolute atomic E-state index is 0.0783. The number of nitrogens with one attached hydrogen (secondary N) is 2. The smallest absolute Gasteiger partial charge is 0.300 e. The number of carbonyl (C=O) groups excluding carboxylic acids is 1. The van der Waals surface area contributed by atoms with E-state index in [4.69, 9.17) is 14.6 Å². The summed E-state index contributed by atoms with van der Waals surface area (Å²) in [7, 11) is 1.57. The second-order valence-electron chi connectivity index (χ2n) is 5.28. The molecule has 7 heteroatoms. The van der Waals surface area contributed by atoms with Crippen LogP contribution in [0.3, 0.4) is 0 Å². The van der Waals surface area contributed by atoms with Crippen LogP contribution >= 0.6 is 0 Å². The summed E-state index contributed by atoms with van der Waals surface area (Å²) in [5.74, 6) is -0.585. The number of rotatable bonds is 3. The zero-order valence-electron chi connectivity index (χ0n) is 14.3. The van der Waals surface area contributed by atoms with Crippen LogP contribution in [-0.2, 0) is 4.79 Å². The van der Waals surface area contributed by atoms with Crippen molar-refractivity contribution >= 4 is 28.5 Å². The van der Waals surface area contributed by atoms with Crippen LogP contribution in [0.4, 0.5) is 5.69 Å². The number of fused-ring (bicyclic) bond motifs is 1. The zero-order chi connectivity index (χ0) is 19.1. The summed E-state index contributed by atoms with van der Waals surface area (Å²) in [5.41, 5.74) is 1.08. The third kappa shape index (κ3) is 4.70. The SMILES string of the molecule is CC(=O)O.COc1ccc(NC(=O)c2c[nH]c3ccccc3c2=O)cc1. The lowest BCUT2D eigenvalue weighted by Crippen LogP contribution is -2.21. The topological polar surface area (TPSA) is 108 Å². The summed E-state index contributed by atoms with van der Waals surface area (Å²) < 4.78 is 5.06. The van der Waals surface area contributed by atoms with Crippen molar-refractivity contribution in [3.8, 4) is 5.75 Å². The number of hydrogen-bond donors (Lipinski definition) is 3. The fraction of sp³-hybridized carbons (Fsp3) is 0.105. The number of methoxy groups -OCH3 is 1. The van der Waals surface area contributed by atoms with Gasteiger partial charge in [0.05, 0.1) is 7.11 Å². The Bertz CT molecular complexity index is 973. The highest BCUT2D eigenvalue weighted by Gasteiger charge is 2.13. The number of amides is 1. The number of anilines is 1. The van der Waals surface area contributed by atoms with E-state index in [2.05, 4.69) is 10.3 Å². The first-order valence-corrected chi connectivity index (χ1v) is 7.67. The van der Waals surface area contributed by atoms with Crippen LogP contribution in [0.2, 0.25) is 0 Å². The molecule has 0 spiro atoms. The van der Waals surface area contributed by atoms with E-state index in [0.29, 0.717) is 22.3 Å². The predicted molar refractivity (Wildman–Crippen MR) is 98.8 cm³/mol. The zero-order valence-corrected chi connectivity index (χ0v) is 14.3. The van der Waals surface area contributed by atoms with E-state index in [1.807, 2.05) is 6.07 Å². The minimum atomic E-state index is -0.833. The van der Waals surface area contributed by atoms with E-state index >= 15 is 0 Å². The second-order valence-corrected chi connectivity index (χ2v) is 5.28. The van der Waals surface area contributed by atoms with Crippen LogP contribution in [-0.4, -0.2) is 29.1 Å². The number of carbonyl (C=O) groups is 2. The normalized spacial score (nSPS) is 9.77. The highest BCUT2D eigenvalue weighted by atomic mass is 16.5. The first-order valence-electron chi connectivity index (χ1n) is 7.67. The number of pyridine rings is 1. The minimum Gasteiger partial charge on any atom is -0.497 e. The molecule has 3 N–H and O–H groups in total. The number of aliphatic carboxylic acids is 1. The maximum atomic E-state index is 12.4. The molecule has 0 saturated heterocycles. The van der Waals surface area contributed by atoms with Gasteiger partial charge in [0.25, 0.3) is 11.9 Å². The van der Waals surface area contributed by atoms with Gasteiger partial charge in [0.1, 0.15) is 11.3 Å². The molecule has 134 valence electrons. The molecular weight excluding hydrogens is 336 g/mol. The standard InChI is InChI=1S/C17H14N2O3.C2H4O2/c1-22-12-8-6-11(7-9-12)19-17(21)14-10-18-15-5-3-2-4-13(15)16(14)20;1-2(3)4/h2-10H,1H3,(H,18,20)(H,19,21);1H3,(H,3,4). The summed E-state index contributed by atoms with van der Waals surface area (Å²) in [6, 6.07) is 14.0. The van der Waals surface area contributed by atoms with Crippen molar-refractivity contribution in [3.05, 3.63) is 70.5 Å². The molecule has 1 amide bonds. The van der Waals surface area contributed by atoms with Gasteiger partial charge in [-0.05, 0) is 36.4 Å². The Hall–Kier alpha value is -3.61. The predicted octanol–water partition coefficient (Wildman–Crippen LogP) is 2.88. The molecule has 1 heterocycles. The van der Waals surface area contributed by atoms with Crippen LogP contribution in [0.25, 0.3) is 10.9 Å². The van der Waals surface area contributed by atoms with Gasteiger partial charge in [-0.3, -0.25) is 14.4 Å². The Morgan fingerprint density at radius 2 is 1.69 bits per heavy atom. The molecule has 3 rings (SSSR count). The highest BCUT2D eigenvalue weighted by molar-refractivity contribution is 6.05. The molecule has 0 aliphatic carbocycles. The van der Waals surface area contributed by atoms with Gasteiger partial charge in [0, 0.05) is 29.7 Å². The number of aromatic amines is 1. The van der Waals surface area contributed by atoms with Gasteiger partial charge in [-0.15, -0.1) is 0 Å². The van der Waals surface area contributed by atoms with E-state index in [1.165, 1.54) is 6.20 Å². The lowest BCUT2D eigenvalue weighted by atomic mass is 10.1. The van der Waals surface area contributed by atoms with Crippen molar-refractivity contribution in [2.45, 2.75) is 6.92 Å². The largest absolute Gasteiger partial charge is 0.497 e. The molecule has 0 saturated carbocycles. The lowest BCUT2D eigenvalue weighted by molar-refractivity contribution is -0.134. The van der Waals surface area contributed by atoms with Crippen LogP contribution in [0.5, 0.6) is 5.75 Å². The Morgan fingerprint density at radius 3 is 2.31 bits per heavy atom. The first-order chi connectivity index (χ1) is 12.4. The van der Waals surface area contributed by atoms with Gasteiger partial charge in [0.15, 0.2) is 0 Å². The molecule has 0 radical (unpaired) electrons. The summed E-state index contributed by atoms with van der Waals surface area (Å²) in [6.45, 7) is 1.08. The van der Waals surface area contributed by atoms with Crippen molar-refractivity contribution in [2.75, 3.05) is 12.4 Å². The fourth-order valence-corrected chi connectivity index (χ4v) is 2.21. The quantitative estimate of drug-likeness (QED) is 0.670. The van der Waals surface area contributed by atoms with E-state index in [9.17, 15) is 9.59 Å². The number of para-hydroxylation sites is 1. The maximum Gasteiger partial charge on any atom is 0.300 e. The lowest BCUT2D eigenvalue weighted by Gasteiger charge is -2.07. The first kappa shape index (κ1) is 18.7. The number of carboxylic acid groups (broad SMARTS) is 1. The van der Waals surface area contributed by atoms with Crippen molar-refractivity contribution in [2.24, 2.45) is 0 Å². The molecule has 0 unspecified atom stereocenters. The molecule has 7 nitrogen and oxygen atoms in total. The number of H-pyrrole nitrogens is 1. The number of ether oxygens (including phenoxy) is 1. The Kier molecular flexibility index (Phi) is 6.10. The molecule has 1 aromatic heterocycles. The summed E-state index contributed by atoms with van der Waals surface area (Å²) in [5, 5.41) is 10.6. The summed E-state index contributed by atoms with van der Waals surface area (Å²) >= 11 is 0. The molecular formula is C19H18N2O5. The third-order valence-corrected chi connectivity index (χ3v) is 3.38. The number of benzene rings is 2. The van der Waals surface area contributed by atoms with Gasteiger partial charge in [-0.2, -0.15) is 0 Å². The molecule has 3 aromatic rings. The molecule has 0 fully saturated rings. The molecule has 0 bridgehead atoms. The van der Waals surface area contributed by atoms with E-state index in [1.54, 1.807) is 49.6 Å². The second kappa shape index (κ2) is 8.48. The Labute approximate surface area is 149 Å². The van der Waals surface area contributed by atoms with Crippen molar-refractivity contribution in [1.29, 1.82) is 0 Å². The van der Waals surface area contributed by atoms with Gasteiger partial charge in [-0.1, -0.05) is 12.1 Å². The van der Waals surface area contributed by atoms with Crippen molar-refractivity contribution in [1.82, 2.24) is 4.98 Å². The van der Waals surface area contributed by atoms with Crippen molar-refractivity contribution in [3.63, 3.8) is 0 Å². The van der Waals surface area contributed by atoms with Crippen LogP contribution in [0.1, 0.15) is 17.3 Å². The van der Waals surface area contributed by atoms with Gasteiger partial charge in [0.2, 0.25) is 5.43 Å². The molecule has 0 aliphatic heterocycles.